The van der Waals surface area contributed by atoms with E-state index in [1.165, 1.54) is 23.5 Å². The van der Waals surface area contributed by atoms with Crippen LogP contribution in [0, 0.1) is 0 Å². The van der Waals surface area contributed by atoms with Gasteiger partial charge >= 0.3 is 12.2 Å². The standard InChI is InChI=1S/C18H20F3N3O2S/c1-17(2)7-13(9-26-17)24-16(25)22-8-14-10-27-15(23-14)11-3-5-12(6-4-11)18(19,20)21/h3-6,10,13H,7-9H2,1-2H3,(H2,22,24,25). The molecule has 1 fully saturated rings. The molecule has 0 radical (unpaired) electrons. The summed E-state index contributed by atoms with van der Waals surface area (Å²) >= 11 is 1.32. The molecule has 9 heteroatoms. The highest BCUT2D eigenvalue weighted by Crippen LogP contribution is 2.31. The van der Waals surface area contributed by atoms with Crippen LogP contribution in [-0.4, -0.2) is 29.3 Å². The highest BCUT2D eigenvalue weighted by molar-refractivity contribution is 7.13. The van der Waals surface area contributed by atoms with Gasteiger partial charge in [0.25, 0.3) is 0 Å². The van der Waals surface area contributed by atoms with Crippen molar-refractivity contribution in [3.63, 3.8) is 0 Å². The minimum atomic E-state index is -4.36. The molecular formula is C18H20F3N3O2S. The van der Waals surface area contributed by atoms with Crippen LogP contribution in [0.5, 0.6) is 0 Å². The number of aromatic nitrogens is 1. The Morgan fingerprint density at radius 1 is 1.33 bits per heavy atom. The summed E-state index contributed by atoms with van der Waals surface area (Å²) in [6, 6.07) is 4.53. The van der Waals surface area contributed by atoms with Crippen molar-refractivity contribution in [2.45, 2.75) is 44.6 Å². The van der Waals surface area contributed by atoms with Gasteiger partial charge in [0, 0.05) is 10.9 Å². The molecule has 2 N–H and O–H groups in total. The van der Waals surface area contributed by atoms with Crippen LogP contribution in [0.15, 0.2) is 29.6 Å². The summed E-state index contributed by atoms with van der Waals surface area (Å²) in [5, 5.41) is 7.97. The Hall–Kier alpha value is -2.13. The average Bonchev–Trinajstić information content (AvgIpc) is 3.19. The summed E-state index contributed by atoms with van der Waals surface area (Å²) < 4.78 is 43.4. The van der Waals surface area contributed by atoms with E-state index in [4.69, 9.17) is 4.74 Å². The molecule has 1 unspecified atom stereocenters. The molecule has 1 aliphatic heterocycles. The van der Waals surface area contributed by atoms with Gasteiger partial charge in [-0.15, -0.1) is 11.3 Å². The molecule has 1 aromatic heterocycles. The van der Waals surface area contributed by atoms with Crippen LogP contribution in [0.1, 0.15) is 31.5 Å². The van der Waals surface area contributed by atoms with Gasteiger partial charge in [-0.1, -0.05) is 12.1 Å². The lowest BCUT2D eigenvalue weighted by atomic mass is 10.0. The summed E-state index contributed by atoms with van der Waals surface area (Å²) in [5.74, 6) is 0. The van der Waals surface area contributed by atoms with E-state index in [1.807, 2.05) is 13.8 Å². The number of nitrogens with zero attached hydrogens (tertiary/aromatic N) is 1. The van der Waals surface area contributed by atoms with Gasteiger partial charge in [0.15, 0.2) is 0 Å². The second-order valence-electron chi connectivity index (χ2n) is 7.02. The van der Waals surface area contributed by atoms with Gasteiger partial charge < -0.3 is 15.4 Å². The van der Waals surface area contributed by atoms with Crippen molar-refractivity contribution < 1.29 is 22.7 Å². The predicted octanol–water partition coefficient (Wildman–Crippen LogP) is 4.20. The molecule has 0 spiro atoms. The Morgan fingerprint density at radius 2 is 2.04 bits per heavy atom. The second kappa shape index (κ2) is 7.47. The first kappa shape index (κ1) is 19.6. The minimum absolute atomic E-state index is 0.0295. The first-order chi connectivity index (χ1) is 12.6. The number of benzene rings is 1. The van der Waals surface area contributed by atoms with Crippen molar-refractivity contribution in [2.24, 2.45) is 0 Å². The normalized spacial score (nSPS) is 19.1. The molecule has 0 aliphatic carbocycles. The van der Waals surface area contributed by atoms with E-state index in [2.05, 4.69) is 15.6 Å². The molecule has 5 nitrogen and oxygen atoms in total. The summed E-state index contributed by atoms with van der Waals surface area (Å²) in [5.41, 5.74) is 0.325. The summed E-state index contributed by atoms with van der Waals surface area (Å²) in [7, 11) is 0. The van der Waals surface area contributed by atoms with Gasteiger partial charge in [-0.3, -0.25) is 0 Å². The molecule has 2 amide bonds. The first-order valence-corrected chi connectivity index (χ1v) is 9.31. The van der Waals surface area contributed by atoms with Crippen LogP contribution < -0.4 is 10.6 Å². The van der Waals surface area contributed by atoms with E-state index >= 15 is 0 Å². The number of urea groups is 1. The number of halogens is 3. The lowest BCUT2D eigenvalue weighted by molar-refractivity contribution is -0.137. The number of hydrogen-bond acceptors (Lipinski definition) is 4. The number of alkyl halides is 3. The number of nitrogens with one attached hydrogen (secondary N) is 2. The smallest absolute Gasteiger partial charge is 0.373 e. The van der Waals surface area contributed by atoms with E-state index in [0.29, 0.717) is 22.9 Å². The van der Waals surface area contributed by atoms with E-state index in [9.17, 15) is 18.0 Å². The average molecular weight is 399 g/mol. The third-order valence-electron chi connectivity index (χ3n) is 4.19. The maximum atomic E-state index is 12.6. The van der Waals surface area contributed by atoms with Crippen LogP contribution in [0.4, 0.5) is 18.0 Å². The lowest BCUT2D eigenvalue weighted by Gasteiger charge is -2.16. The zero-order valence-electron chi connectivity index (χ0n) is 14.9. The lowest BCUT2D eigenvalue weighted by Crippen LogP contribution is -2.42. The Bertz CT molecular complexity index is 803. The van der Waals surface area contributed by atoms with E-state index < -0.39 is 11.7 Å². The Labute approximate surface area is 158 Å². The molecule has 2 aromatic rings. The topological polar surface area (TPSA) is 63.2 Å². The number of thiazole rings is 1. The third kappa shape index (κ3) is 5.20. The molecule has 1 aliphatic rings. The van der Waals surface area contributed by atoms with Crippen LogP contribution in [-0.2, 0) is 17.5 Å². The van der Waals surface area contributed by atoms with Crippen molar-refractivity contribution in [3.05, 3.63) is 40.9 Å². The molecule has 0 saturated carbocycles. The molecule has 1 aromatic carbocycles. The van der Waals surface area contributed by atoms with Gasteiger partial charge in [0.05, 0.1) is 36.1 Å². The zero-order chi connectivity index (χ0) is 19.7. The summed E-state index contributed by atoms with van der Waals surface area (Å²) in [6.07, 6.45) is -3.61. The van der Waals surface area contributed by atoms with Crippen molar-refractivity contribution in [1.82, 2.24) is 15.6 Å². The van der Waals surface area contributed by atoms with Crippen LogP contribution in [0.2, 0.25) is 0 Å². The summed E-state index contributed by atoms with van der Waals surface area (Å²) in [4.78, 5) is 16.4. The maximum absolute atomic E-state index is 12.6. The molecule has 27 heavy (non-hydrogen) atoms. The summed E-state index contributed by atoms with van der Waals surface area (Å²) in [6.45, 7) is 4.67. The van der Waals surface area contributed by atoms with Gasteiger partial charge in [0.2, 0.25) is 0 Å². The molecule has 0 bridgehead atoms. The van der Waals surface area contributed by atoms with Crippen molar-refractivity contribution in [2.75, 3.05) is 6.61 Å². The Morgan fingerprint density at radius 3 is 2.63 bits per heavy atom. The molecular weight excluding hydrogens is 379 g/mol. The van der Waals surface area contributed by atoms with Crippen molar-refractivity contribution in [3.8, 4) is 10.6 Å². The molecule has 146 valence electrons. The number of rotatable bonds is 4. The molecule has 1 atom stereocenters. The van der Waals surface area contributed by atoms with Crippen LogP contribution in [0.25, 0.3) is 10.6 Å². The first-order valence-electron chi connectivity index (χ1n) is 8.43. The maximum Gasteiger partial charge on any atom is 0.416 e. The fourth-order valence-corrected chi connectivity index (χ4v) is 3.69. The Balaban J connectivity index is 1.53. The van der Waals surface area contributed by atoms with Crippen molar-refractivity contribution >= 4 is 17.4 Å². The van der Waals surface area contributed by atoms with Crippen molar-refractivity contribution in [1.29, 1.82) is 0 Å². The number of ether oxygens (including phenoxy) is 1. The highest BCUT2D eigenvalue weighted by Gasteiger charge is 2.32. The van der Waals surface area contributed by atoms with Gasteiger partial charge in [-0.25, -0.2) is 9.78 Å². The van der Waals surface area contributed by atoms with Crippen LogP contribution >= 0.6 is 11.3 Å². The molecule has 2 heterocycles. The number of carbonyl (C=O) groups excluding carboxylic acids is 1. The quantitative estimate of drug-likeness (QED) is 0.810. The number of amides is 2. The Kier molecular flexibility index (Phi) is 5.43. The number of carbonyl (C=O) groups is 1. The van der Waals surface area contributed by atoms with E-state index in [0.717, 1.165) is 18.6 Å². The highest BCUT2D eigenvalue weighted by atomic mass is 32.1. The van der Waals surface area contributed by atoms with E-state index in [-0.39, 0.29) is 24.2 Å². The predicted molar refractivity (Wildman–Crippen MR) is 96.4 cm³/mol. The molecule has 1 saturated heterocycles. The van der Waals surface area contributed by atoms with E-state index in [1.54, 1.807) is 5.38 Å². The zero-order valence-corrected chi connectivity index (χ0v) is 15.7. The number of hydrogen-bond donors (Lipinski definition) is 2. The monoisotopic (exact) mass is 399 g/mol. The van der Waals surface area contributed by atoms with Crippen LogP contribution in [0.3, 0.4) is 0 Å². The third-order valence-corrected chi connectivity index (χ3v) is 5.13. The molecule has 3 rings (SSSR count). The second-order valence-corrected chi connectivity index (χ2v) is 7.88. The minimum Gasteiger partial charge on any atom is -0.373 e. The van der Waals surface area contributed by atoms with Gasteiger partial charge in [-0.2, -0.15) is 13.2 Å². The van der Waals surface area contributed by atoms with Gasteiger partial charge in [-0.05, 0) is 32.4 Å². The fraction of sp³-hybridized carbons (Fsp3) is 0.444. The largest absolute Gasteiger partial charge is 0.416 e. The fourth-order valence-electron chi connectivity index (χ4n) is 2.86. The SMILES string of the molecule is CC1(C)CC(NC(=O)NCc2csc(-c3ccc(C(F)(F)F)cc3)n2)CO1. The van der Waals surface area contributed by atoms with Gasteiger partial charge in [0.1, 0.15) is 5.01 Å².